The Morgan fingerprint density at radius 3 is 2.54 bits per heavy atom. The third-order valence-electron chi connectivity index (χ3n) is 3.94. The Morgan fingerprint density at radius 2 is 1.96 bits per heavy atom. The van der Waals surface area contributed by atoms with E-state index < -0.39 is 0 Å². The molecule has 5 heteroatoms. The average molecular weight is 332 g/mol. The van der Waals surface area contributed by atoms with Crippen molar-refractivity contribution in [2.45, 2.75) is 40.5 Å². The molecule has 1 aromatic carbocycles. The Kier molecular flexibility index (Phi) is 5.86. The number of nitrogens with zero attached hydrogens (tertiary/aromatic N) is 1. The van der Waals surface area contributed by atoms with Crippen molar-refractivity contribution in [1.29, 1.82) is 0 Å². The first kappa shape index (κ1) is 18.3. The smallest absolute Gasteiger partial charge is 0.227 e. The molecule has 5 nitrogen and oxygen atoms in total. The lowest BCUT2D eigenvalue weighted by molar-refractivity contribution is -0.123. The van der Waals surface area contributed by atoms with E-state index in [0.29, 0.717) is 32.5 Å². The molecule has 0 bridgehead atoms. The van der Waals surface area contributed by atoms with Crippen LogP contribution in [0, 0.1) is 11.3 Å². The third-order valence-corrected chi connectivity index (χ3v) is 3.94. The van der Waals surface area contributed by atoms with Gasteiger partial charge in [-0.3, -0.25) is 9.59 Å². The van der Waals surface area contributed by atoms with Gasteiger partial charge in [-0.1, -0.05) is 20.8 Å². The van der Waals surface area contributed by atoms with E-state index in [2.05, 4.69) is 5.32 Å². The van der Waals surface area contributed by atoms with Crippen LogP contribution in [0.5, 0.6) is 5.75 Å². The first-order chi connectivity index (χ1) is 11.3. The van der Waals surface area contributed by atoms with Crippen LogP contribution in [0.25, 0.3) is 0 Å². The van der Waals surface area contributed by atoms with Crippen molar-refractivity contribution >= 4 is 17.5 Å². The van der Waals surface area contributed by atoms with Crippen molar-refractivity contribution in [2.75, 3.05) is 24.6 Å². The minimum atomic E-state index is -0.0239. The molecule has 1 aliphatic heterocycles. The second kappa shape index (κ2) is 7.69. The zero-order valence-electron chi connectivity index (χ0n) is 15.1. The number of rotatable bonds is 6. The second-order valence-corrected chi connectivity index (χ2v) is 7.54. The largest absolute Gasteiger partial charge is 0.494 e. The lowest BCUT2D eigenvalue weighted by Crippen LogP contribution is -2.33. The number of ether oxygens (including phenoxy) is 1. The van der Waals surface area contributed by atoms with Gasteiger partial charge in [-0.25, -0.2) is 0 Å². The van der Waals surface area contributed by atoms with Gasteiger partial charge >= 0.3 is 0 Å². The molecule has 0 aromatic heterocycles. The molecule has 1 aromatic rings. The molecule has 1 aliphatic rings. The molecule has 1 unspecified atom stereocenters. The van der Waals surface area contributed by atoms with Crippen LogP contribution in [0.15, 0.2) is 24.3 Å². The summed E-state index contributed by atoms with van der Waals surface area (Å²) >= 11 is 0. The van der Waals surface area contributed by atoms with Crippen LogP contribution in [-0.2, 0) is 9.59 Å². The standard InChI is InChI=1S/C19H28N2O3/c1-5-24-16-8-6-15(7-9-16)21-13-14(10-18(21)23)12-20-17(22)11-19(2,3)4/h6-9,14H,5,10-13H2,1-4H3,(H,20,22). The minimum Gasteiger partial charge on any atom is -0.494 e. The molecular weight excluding hydrogens is 304 g/mol. The molecule has 0 aliphatic carbocycles. The van der Waals surface area contributed by atoms with Crippen LogP contribution in [0.3, 0.4) is 0 Å². The van der Waals surface area contributed by atoms with Crippen molar-refractivity contribution in [3.8, 4) is 5.75 Å². The lowest BCUT2D eigenvalue weighted by atomic mass is 9.92. The van der Waals surface area contributed by atoms with Crippen molar-refractivity contribution in [2.24, 2.45) is 11.3 Å². The van der Waals surface area contributed by atoms with Gasteiger partial charge in [0.05, 0.1) is 6.61 Å². The zero-order chi connectivity index (χ0) is 17.7. The van der Waals surface area contributed by atoms with Gasteiger partial charge < -0.3 is 15.0 Å². The van der Waals surface area contributed by atoms with Gasteiger partial charge in [0.15, 0.2) is 0 Å². The molecule has 1 heterocycles. The van der Waals surface area contributed by atoms with Crippen LogP contribution < -0.4 is 15.0 Å². The first-order valence-electron chi connectivity index (χ1n) is 8.58. The first-order valence-corrected chi connectivity index (χ1v) is 8.58. The number of nitrogens with one attached hydrogen (secondary N) is 1. The van der Waals surface area contributed by atoms with Gasteiger partial charge in [-0.05, 0) is 36.6 Å². The molecule has 1 N–H and O–H groups in total. The summed E-state index contributed by atoms with van der Waals surface area (Å²) in [6, 6.07) is 7.57. The van der Waals surface area contributed by atoms with Gasteiger partial charge in [0, 0.05) is 37.5 Å². The molecule has 1 atom stereocenters. The van der Waals surface area contributed by atoms with Gasteiger partial charge in [0.1, 0.15) is 5.75 Å². The van der Waals surface area contributed by atoms with Gasteiger partial charge in [-0.15, -0.1) is 0 Å². The van der Waals surface area contributed by atoms with E-state index >= 15 is 0 Å². The normalized spacial score (nSPS) is 17.9. The van der Waals surface area contributed by atoms with E-state index in [9.17, 15) is 9.59 Å². The quantitative estimate of drug-likeness (QED) is 0.871. The number of benzene rings is 1. The highest BCUT2D eigenvalue weighted by atomic mass is 16.5. The zero-order valence-corrected chi connectivity index (χ0v) is 15.1. The fourth-order valence-corrected chi connectivity index (χ4v) is 2.86. The monoisotopic (exact) mass is 332 g/mol. The summed E-state index contributed by atoms with van der Waals surface area (Å²) in [6.07, 6.45) is 0.972. The summed E-state index contributed by atoms with van der Waals surface area (Å²) in [5, 5.41) is 2.96. The Hall–Kier alpha value is -2.04. The highest BCUT2D eigenvalue weighted by Gasteiger charge is 2.31. The molecule has 132 valence electrons. The third kappa shape index (κ3) is 5.25. The molecule has 2 rings (SSSR count). The molecule has 1 saturated heterocycles. The maximum Gasteiger partial charge on any atom is 0.227 e. The maximum absolute atomic E-state index is 12.3. The summed E-state index contributed by atoms with van der Waals surface area (Å²) < 4.78 is 5.43. The second-order valence-electron chi connectivity index (χ2n) is 7.54. The fourth-order valence-electron chi connectivity index (χ4n) is 2.86. The summed E-state index contributed by atoms with van der Waals surface area (Å²) in [7, 11) is 0. The molecule has 24 heavy (non-hydrogen) atoms. The Balaban J connectivity index is 1.87. The highest BCUT2D eigenvalue weighted by Crippen LogP contribution is 2.26. The van der Waals surface area contributed by atoms with Crippen LogP contribution >= 0.6 is 0 Å². The van der Waals surface area contributed by atoms with E-state index in [1.165, 1.54) is 0 Å². The van der Waals surface area contributed by atoms with E-state index in [-0.39, 0.29) is 23.1 Å². The van der Waals surface area contributed by atoms with Crippen molar-refractivity contribution in [1.82, 2.24) is 5.32 Å². The highest BCUT2D eigenvalue weighted by molar-refractivity contribution is 5.95. The van der Waals surface area contributed by atoms with Crippen molar-refractivity contribution in [3.63, 3.8) is 0 Å². The van der Waals surface area contributed by atoms with E-state index in [1.54, 1.807) is 4.90 Å². The summed E-state index contributed by atoms with van der Waals surface area (Å²) in [5.74, 6) is 1.12. The average Bonchev–Trinajstić information content (AvgIpc) is 2.86. The molecule has 2 amide bonds. The van der Waals surface area contributed by atoms with Crippen molar-refractivity contribution < 1.29 is 14.3 Å². The maximum atomic E-state index is 12.3. The Morgan fingerprint density at radius 1 is 1.29 bits per heavy atom. The number of hydrogen-bond donors (Lipinski definition) is 1. The summed E-state index contributed by atoms with van der Waals surface area (Å²) in [6.45, 7) is 9.88. The van der Waals surface area contributed by atoms with Crippen molar-refractivity contribution in [3.05, 3.63) is 24.3 Å². The molecule has 0 saturated carbocycles. The molecule has 1 fully saturated rings. The number of anilines is 1. The number of carbonyl (C=O) groups is 2. The molecule has 0 radical (unpaired) electrons. The van der Waals surface area contributed by atoms with Gasteiger partial charge in [0.25, 0.3) is 0 Å². The topological polar surface area (TPSA) is 58.6 Å². The summed E-state index contributed by atoms with van der Waals surface area (Å²) in [4.78, 5) is 26.0. The van der Waals surface area contributed by atoms with E-state index in [0.717, 1.165) is 11.4 Å². The van der Waals surface area contributed by atoms with Crippen LogP contribution in [0.4, 0.5) is 5.69 Å². The Bertz CT molecular complexity index is 575. The number of amides is 2. The van der Waals surface area contributed by atoms with Gasteiger partial charge in [-0.2, -0.15) is 0 Å². The van der Waals surface area contributed by atoms with Gasteiger partial charge in [0.2, 0.25) is 11.8 Å². The minimum absolute atomic E-state index is 0.0239. The van der Waals surface area contributed by atoms with Crippen LogP contribution in [-0.4, -0.2) is 31.5 Å². The number of hydrogen-bond acceptors (Lipinski definition) is 3. The summed E-state index contributed by atoms with van der Waals surface area (Å²) in [5.41, 5.74) is 0.858. The molecule has 0 spiro atoms. The SMILES string of the molecule is CCOc1ccc(N2CC(CNC(=O)CC(C)(C)C)CC2=O)cc1. The van der Waals surface area contributed by atoms with E-state index in [4.69, 9.17) is 4.74 Å². The van der Waals surface area contributed by atoms with E-state index in [1.807, 2.05) is 52.0 Å². The fraction of sp³-hybridized carbons (Fsp3) is 0.579. The Labute approximate surface area is 144 Å². The predicted octanol–water partition coefficient (Wildman–Crippen LogP) is 2.99. The van der Waals surface area contributed by atoms with Crippen LogP contribution in [0.2, 0.25) is 0 Å². The van der Waals surface area contributed by atoms with Crippen LogP contribution in [0.1, 0.15) is 40.5 Å². The lowest BCUT2D eigenvalue weighted by Gasteiger charge is -2.19. The number of carbonyl (C=O) groups excluding carboxylic acids is 2. The molecular formula is C19H28N2O3. The predicted molar refractivity (Wildman–Crippen MR) is 95.2 cm³/mol.